The minimum absolute atomic E-state index is 0.0232. The van der Waals surface area contributed by atoms with Gasteiger partial charge < -0.3 is 25.4 Å². The molecule has 2 atom stereocenters. The van der Waals surface area contributed by atoms with Crippen molar-refractivity contribution in [3.8, 4) is 16.9 Å². The van der Waals surface area contributed by atoms with E-state index in [0.29, 0.717) is 0 Å². The van der Waals surface area contributed by atoms with Crippen molar-refractivity contribution in [1.29, 1.82) is 0 Å². The predicted octanol–water partition coefficient (Wildman–Crippen LogP) is 3.85. The van der Waals surface area contributed by atoms with Crippen molar-refractivity contribution in [1.82, 2.24) is 5.32 Å². The van der Waals surface area contributed by atoms with E-state index in [0.717, 1.165) is 28.3 Å². The number of hydrogen-bond donors (Lipinski definition) is 4. The van der Waals surface area contributed by atoms with Crippen LogP contribution in [0.5, 0.6) is 5.75 Å². The number of nitrogens with one attached hydrogen (secondary N) is 1. The van der Waals surface area contributed by atoms with Gasteiger partial charge in [0.2, 0.25) is 0 Å². The molecule has 4 rings (SSSR count). The number of phenolic OH excluding ortho intramolecular Hbond substituents is 1. The second-order valence-corrected chi connectivity index (χ2v) is 7.73. The molecule has 4 N–H and O–H groups in total. The lowest BCUT2D eigenvalue weighted by Gasteiger charge is -2.19. The predicted molar refractivity (Wildman–Crippen MR) is 117 cm³/mol. The van der Waals surface area contributed by atoms with Gasteiger partial charge in [-0.1, -0.05) is 60.7 Å². The summed E-state index contributed by atoms with van der Waals surface area (Å²) in [6.45, 7) is 0.189. The van der Waals surface area contributed by atoms with E-state index in [-0.39, 0.29) is 31.1 Å². The van der Waals surface area contributed by atoms with Crippen molar-refractivity contribution in [2.45, 2.75) is 24.5 Å². The maximum atomic E-state index is 13.9. The number of ether oxygens (including phenoxy) is 1. The number of rotatable bonds is 7. The Morgan fingerprint density at radius 2 is 1.59 bits per heavy atom. The van der Waals surface area contributed by atoms with Gasteiger partial charge in [-0.25, -0.2) is 9.18 Å². The lowest BCUT2D eigenvalue weighted by Crippen LogP contribution is -2.30. The van der Waals surface area contributed by atoms with E-state index in [9.17, 15) is 24.5 Å². The minimum atomic E-state index is -1.54. The molecule has 0 heterocycles. The third-order valence-corrected chi connectivity index (χ3v) is 5.74. The Morgan fingerprint density at radius 1 is 0.969 bits per heavy atom. The number of fused-ring (bicyclic) bond motifs is 3. The molecule has 0 bridgehead atoms. The number of amides is 1. The Hall–Kier alpha value is -3.42. The van der Waals surface area contributed by atoms with Gasteiger partial charge in [0.05, 0.1) is 6.10 Å². The number of alkyl carbamates (subject to hydrolysis) is 1. The Labute approximate surface area is 184 Å². The highest BCUT2D eigenvalue weighted by Crippen LogP contribution is 2.44. The second kappa shape index (κ2) is 9.38. The molecule has 1 amide bonds. The van der Waals surface area contributed by atoms with Gasteiger partial charge in [0.25, 0.3) is 0 Å². The van der Waals surface area contributed by atoms with E-state index in [1.54, 1.807) is 0 Å². The van der Waals surface area contributed by atoms with Gasteiger partial charge in [0, 0.05) is 18.0 Å². The van der Waals surface area contributed by atoms with E-state index in [2.05, 4.69) is 17.4 Å². The van der Waals surface area contributed by atoms with Gasteiger partial charge in [-0.2, -0.15) is 0 Å². The molecule has 7 heteroatoms. The number of carbonyl (C=O) groups is 1. The first-order chi connectivity index (χ1) is 15.5. The molecule has 6 nitrogen and oxygen atoms in total. The molecule has 1 aliphatic rings. The zero-order valence-electron chi connectivity index (χ0n) is 17.2. The fourth-order valence-corrected chi connectivity index (χ4v) is 4.10. The summed E-state index contributed by atoms with van der Waals surface area (Å²) in [6.07, 6.45) is -3.54. The minimum Gasteiger partial charge on any atom is -0.505 e. The lowest BCUT2D eigenvalue weighted by molar-refractivity contribution is 0.0114. The summed E-state index contributed by atoms with van der Waals surface area (Å²) in [6, 6.07) is 19.8. The van der Waals surface area contributed by atoms with Gasteiger partial charge in [0.15, 0.2) is 11.6 Å². The Morgan fingerprint density at radius 3 is 2.25 bits per heavy atom. The molecular formula is C25H24FNO5. The highest BCUT2D eigenvalue weighted by atomic mass is 19.1. The van der Waals surface area contributed by atoms with E-state index < -0.39 is 29.9 Å². The molecule has 0 saturated heterocycles. The summed E-state index contributed by atoms with van der Waals surface area (Å²) in [7, 11) is 0. The van der Waals surface area contributed by atoms with E-state index in [1.807, 2.05) is 36.4 Å². The molecule has 0 radical (unpaired) electrons. The molecule has 3 aromatic rings. The molecular weight excluding hydrogens is 413 g/mol. The van der Waals surface area contributed by atoms with Crippen LogP contribution in [0.3, 0.4) is 0 Å². The SMILES string of the molecule is O=C(NCCC(O)C(O)c1cccc(O)c1F)OCC1c2ccccc2-c2ccccc21. The van der Waals surface area contributed by atoms with Crippen LogP contribution in [0.4, 0.5) is 9.18 Å². The molecule has 32 heavy (non-hydrogen) atoms. The molecule has 3 aromatic carbocycles. The van der Waals surface area contributed by atoms with E-state index >= 15 is 0 Å². The lowest BCUT2D eigenvalue weighted by atomic mass is 9.98. The number of aliphatic hydroxyl groups is 2. The first-order valence-corrected chi connectivity index (χ1v) is 10.4. The number of carbonyl (C=O) groups excluding carboxylic acids is 1. The zero-order chi connectivity index (χ0) is 22.7. The average Bonchev–Trinajstić information content (AvgIpc) is 3.13. The fourth-order valence-electron chi connectivity index (χ4n) is 4.10. The number of hydrogen-bond acceptors (Lipinski definition) is 5. The van der Waals surface area contributed by atoms with Crippen molar-refractivity contribution < 1.29 is 29.2 Å². The Kier molecular flexibility index (Phi) is 6.39. The normalized spacial score (nSPS) is 14.3. The van der Waals surface area contributed by atoms with Crippen LogP contribution >= 0.6 is 0 Å². The van der Waals surface area contributed by atoms with Crippen LogP contribution in [0.15, 0.2) is 66.7 Å². The molecule has 2 unspecified atom stereocenters. The van der Waals surface area contributed by atoms with Crippen LogP contribution in [0, 0.1) is 5.82 Å². The standard InChI is InChI=1S/C25H24FNO5/c26-23-19(10-5-11-21(23)28)24(30)22(29)12-13-27-25(31)32-14-20-17-8-3-1-6-15(17)16-7-2-4-9-18(16)20/h1-11,20,22,24,28-30H,12-14H2,(H,27,31). The molecule has 0 fully saturated rings. The number of aromatic hydroxyl groups is 1. The molecule has 0 spiro atoms. The molecule has 0 saturated carbocycles. The first kappa shape index (κ1) is 21.8. The van der Waals surface area contributed by atoms with Crippen molar-refractivity contribution in [3.05, 3.63) is 89.2 Å². The highest BCUT2D eigenvalue weighted by molar-refractivity contribution is 5.79. The third-order valence-electron chi connectivity index (χ3n) is 5.74. The van der Waals surface area contributed by atoms with Gasteiger partial charge in [0.1, 0.15) is 12.7 Å². The van der Waals surface area contributed by atoms with E-state index in [4.69, 9.17) is 4.74 Å². The summed E-state index contributed by atoms with van der Waals surface area (Å²) in [5, 5.41) is 32.2. The Bertz CT molecular complexity index is 1070. The summed E-state index contributed by atoms with van der Waals surface area (Å²) in [5.74, 6) is -1.65. The van der Waals surface area contributed by atoms with Gasteiger partial charge in [-0.05, 0) is 34.7 Å². The first-order valence-electron chi connectivity index (χ1n) is 10.4. The number of benzene rings is 3. The molecule has 166 valence electrons. The van der Waals surface area contributed by atoms with Crippen LogP contribution in [0.1, 0.15) is 35.1 Å². The third kappa shape index (κ3) is 4.30. The fraction of sp³-hybridized carbons (Fsp3) is 0.240. The van der Waals surface area contributed by atoms with Gasteiger partial charge in [-0.15, -0.1) is 0 Å². The maximum absolute atomic E-state index is 13.9. The van der Waals surface area contributed by atoms with Crippen LogP contribution in [-0.2, 0) is 4.74 Å². The second-order valence-electron chi connectivity index (χ2n) is 7.73. The van der Waals surface area contributed by atoms with Crippen LogP contribution in [-0.4, -0.2) is 40.7 Å². The summed E-state index contributed by atoms with van der Waals surface area (Å²) in [4.78, 5) is 12.2. The largest absolute Gasteiger partial charge is 0.505 e. The molecule has 1 aliphatic carbocycles. The van der Waals surface area contributed by atoms with Crippen molar-refractivity contribution >= 4 is 6.09 Å². The van der Waals surface area contributed by atoms with Crippen LogP contribution in [0.25, 0.3) is 11.1 Å². The van der Waals surface area contributed by atoms with Crippen molar-refractivity contribution in [2.75, 3.05) is 13.2 Å². The number of aliphatic hydroxyl groups excluding tert-OH is 2. The van der Waals surface area contributed by atoms with Crippen LogP contribution < -0.4 is 5.32 Å². The smallest absolute Gasteiger partial charge is 0.407 e. The quantitative estimate of drug-likeness (QED) is 0.450. The highest BCUT2D eigenvalue weighted by Gasteiger charge is 2.29. The monoisotopic (exact) mass is 437 g/mol. The van der Waals surface area contributed by atoms with Crippen molar-refractivity contribution in [3.63, 3.8) is 0 Å². The number of halogens is 1. The number of phenols is 1. The van der Waals surface area contributed by atoms with E-state index in [1.165, 1.54) is 12.1 Å². The average molecular weight is 437 g/mol. The van der Waals surface area contributed by atoms with Gasteiger partial charge in [-0.3, -0.25) is 0 Å². The summed E-state index contributed by atoms with van der Waals surface area (Å²) < 4.78 is 19.3. The maximum Gasteiger partial charge on any atom is 0.407 e. The summed E-state index contributed by atoms with van der Waals surface area (Å²) >= 11 is 0. The van der Waals surface area contributed by atoms with Crippen molar-refractivity contribution in [2.24, 2.45) is 0 Å². The van der Waals surface area contributed by atoms with Crippen LogP contribution in [0.2, 0.25) is 0 Å². The molecule has 0 aromatic heterocycles. The Balaban J connectivity index is 1.29. The van der Waals surface area contributed by atoms with Gasteiger partial charge >= 0.3 is 6.09 Å². The summed E-state index contributed by atoms with van der Waals surface area (Å²) in [5.41, 5.74) is 4.27. The topological polar surface area (TPSA) is 99.0 Å². The zero-order valence-corrected chi connectivity index (χ0v) is 17.2. The molecule has 0 aliphatic heterocycles.